The zero-order chi connectivity index (χ0) is 11.6. The van der Waals surface area contributed by atoms with Crippen molar-refractivity contribution < 1.29 is 9.47 Å². The van der Waals surface area contributed by atoms with Gasteiger partial charge < -0.3 is 9.47 Å². The Morgan fingerprint density at radius 3 is 2.31 bits per heavy atom. The van der Waals surface area contributed by atoms with Gasteiger partial charge in [-0.05, 0) is 32.3 Å². The molecule has 1 unspecified atom stereocenters. The summed E-state index contributed by atoms with van der Waals surface area (Å²) < 4.78 is 10.4. The molecule has 0 spiro atoms. The fraction of sp³-hybridized carbons (Fsp3) is 0.571. The SMILES string of the molecule is CCOCC.c1ccc(C2CCCO2)cc1. The lowest BCUT2D eigenvalue weighted by atomic mass is 10.1. The van der Waals surface area contributed by atoms with E-state index in [-0.39, 0.29) is 0 Å². The lowest BCUT2D eigenvalue weighted by Gasteiger charge is -2.07. The van der Waals surface area contributed by atoms with Crippen molar-refractivity contribution in [1.29, 1.82) is 0 Å². The van der Waals surface area contributed by atoms with Crippen LogP contribution in [0.2, 0.25) is 0 Å². The highest BCUT2D eigenvalue weighted by molar-refractivity contribution is 5.17. The molecule has 0 N–H and O–H groups in total. The van der Waals surface area contributed by atoms with Crippen molar-refractivity contribution in [2.75, 3.05) is 19.8 Å². The lowest BCUT2D eigenvalue weighted by molar-refractivity contribution is 0.112. The number of rotatable bonds is 3. The Balaban J connectivity index is 0.000000221. The second kappa shape index (κ2) is 8.31. The molecule has 0 amide bonds. The third kappa shape index (κ3) is 4.77. The van der Waals surface area contributed by atoms with Gasteiger partial charge in [-0.25, -0.2) is 0 Å². The van der Waals surface area contributed by atoms with Gasteiger partial charge in [-0.2, -0.15) is 0 Å². The average Bonchev–Trinajstić information content (AvgIpc) is 2.86. The molecule has 1 heterocycles. The standard InChI is InChI=1S/C10H12O.C4H10O/c1-2-5-9(6-3-1)10-7-4-8-11-10;1-3-5-4-2/h1-3,5-6,10H,4,7-8H2;3-4H2,1-2H3. The van der Waals surface area contributed by atoms with Crippen molar-refractivity contribution in [2.24, 2.45) is 0 Å². The second-order valence-electron chi connectivity index (χ2n) is 3.69. The van der Waals surface area contributed by atoms with Crippen LogP contribution in [0.1, 0.15) is 38.4 Å². The van der Waals surface area contributed by atoms with Crippen LogP contribution in [-0.2, 0) is 9.47 Å². The van der Waals surface area contributed by atoms with Crippen LogP contribution >= 0.6 is 0 Å². The second-order valence-corrected chi connectivity index (χ2v) is 3.69. The molecule has 16 heavy (non-hydrogen) atoms. The molecule has 0 saturated carbocycles. The van der Waals surface area contributed by atoms with E-state index in [1.54, 1.807) is 0 Å². The maximum Gasteiger partial charge on any atom is 0.0825 e. The molecular formula is C14H22O2. The van der Waals surface area contributed by atoms with Crippen molar-refractivity contribution in [2.45, 2.75) is 32.8 Å². The predicted molar refractivity (Wildman–Crippen MR) is 66.5 cm³/mol. The Morgan fingerprint density at radius 1 is 1.19 bits per heavy atom. The minimum Gasteiger partial charge on any atom is -0.382 e. The van der Waals surface area contributed by atoms with Crippen LogP contribution in [0.15, 0.2) is 30.3 Å². The number of benzene rings is 1. The number of ether oxygens (including phenoxy) is 2. The van der Waals surface area contributed by atoms with Crippen molar-refractivity contribution in [3.8, 4) is 0 Å². The quantitative estimate of drug-likeness (QED) is 0.778. The minimum absolute atomic E-state index is 0.371. The van der Waals surface area contributed by atoms with E-state index >= 15 is 0 Å². The van der Waals surface area contributed by atoms with E-state index in [0.717, 1.165) is 19.8 Å². The zero-order valence-corrected chi connectivity index (χ0v) is 10.3. The highest BCUT2D eigenvalue weighted by Gasteiger charge is 2.16. The molecule has 2 rings (SSSR count). The molecule has 1 fully saturated rings. The normalized spacial score (nSPS) is 19.0. The smallest absolute Gasteiger partial charge is 0.0825 e. The predicted octanol–water partition coefficient (Wildman–Crippen LogP) is 3.58. The Kier molecular flexibility index (Phi) is 6.86. The molecule has 0 radical (unpaired) electrons. The number of hydrogen-bond acceptors (Lipinski definition) is 2. The summed E-state index contributed by atoms with van der Waals surface area (Å²) in [6.45, 7) is 6.60. The summed E-state index contributed by atoms with van der Waals surface area (Å²) in [4.78, 5) is 0. The molecule has 1 atom stereocenters. The van der Waals surface area contributed by atoms with Crippen LogP contribution in [0.4, 0.5) is 0 Å². The average molecular weight is 222 g/mol. The van der Waals surface area contributed by atoms with E-state index in [1.807, 2.05) is 19.9 Å². The summed E-state index contributed by atoms with van der Waals surface area (Å²) in [6, 6.07) is 10.4. The fourth-order valence-electron chi connectivity index (χ4n) is 1.71. The van der Waals surface area contributed by atoms with Gasteiger partial charge in [0.15, 0.2) is 0 Å². The zero-order valence-electron chi connectivity index (χ0n) is 10.3. The largest absolute Gasteiger partial charge is 0.382 e. The first-order chi connectivity index (χ1) is 7.88. The van der Waals surface area contributed by atoms with Crippen LogP contribution in [0.3, 0.4) is 0 Å². The Bertz CT molecular complexity index is 251. The molecule has 1 aromatic carbocycles. The Hall–Kier alpha value is -0.860. The molecule has 1 aliphatic rings. The van der Waals surface area contributed by atoms with Gasteiger partial charge in [0.1, 0.15) is 0 Å². The molecule has 2 heteroatoms. The maximum atomic E-state index is 5.54. The third-order valence-corrected chi connectivity index (χ3v) is 2.51. The van der Waals surface area contributed by atoms with Gasteiger partial charge in [0, 0.05) is 19.8 Å². The minimum atomic E-state index is 0.371. The van der Waals surface area contributed by atoms with E-state index in [0.29, 0.717) is 6.10 Å². The molecule has 1 saturated heterocycles. The van der Waals surface area contributed by atoms with Gasteiger partial charge in [0.2, 0.25) is 0 Å². The van der Waals surface area contributed by atoms with Gasteiger partial charge in [-0.3, -0.25) is 0 Å². The van der Waals surface area contributed by atoms with Crippen LogP contribution in [-0.4, -0.2) is 19.8 Å². The molecule has 90 valence electrons. The Labute approximate surface area is 98.6 Å². The summed E-state index contributed by atoms with van der Waals surface area (Å²) >= 11 is 0. The molecule has 0 bridgehead atoms. The first-order valence-electron chi connectivity index (χ1n) is 6.12. The van der Waals surface area contributed by atoms with Crippen molar-refractivity contribution in [3.05, 3.63) is 35.9 Å². The van der Waals surface area contributed by atoms with E-state index in [2.05, 4.69) is 24.3 Å². The number of hydrogen-bond donors (Lipinski definition) is 0. The van der Waals surface area contributed by atoms with Crippen molar-refractivity contribution >= 4 is 0 Å². The monoisotopic (exact) mass is 222 g/mol. The van der Waals surface area contributed by atoms with Gasteiger partial charge in [0.25, 0.3) is 0 Å². The molecule has 0 aliphatic carbocycles. The van der Waals surface area contributed by atoms with Crippen LogP contribution in [0.25, 0.3) is 0 Å². The topological polar surface area (TPSA) is 18.5 Å². The van der Waals surface area contributed by atoms with Gasteiger partial charge in [-0.1, -0.05) is 30.3 Å². The summed E-state index contributed by atoms with van der Waals surface area (Å²) in [5.41, 5.74) is 1.32. The summed E-state index contributed by atoms with van der Waals surface area (Å²) in [6.07, 6.45) is 2.76. The van der Waals surface area contributed by atoms with Gasteiger partial charge >= 0.3 is 0 Å². The molecular weight excluding hydrogens is 200 g/mol. The lowest BCUT2D eigenvalue weighted by Crippen LogP contribution is -1.93. The molecule has 2 nitrogen and oxygen atoms in total. The van der Waals surface area contributed by atoms with E-state index in [9.17, 15) is 0 Å². The van der Waals surface area contributed by atoms with Gasteiger partial charge in [0.05, 0.1) is 6.10 Å². The summed E-state index contributed by atoms with van der Waals surface area (Å²) in [5, 5.41) is 0. The van der Waals surface area contributed by atoms with Gasteiger partial charge in [-0.15, -0.1) is 0 Å². The van der Waals surface area contributed by atoms with E-state index in [4.69, 9.17) is 9.47 Å². The van der Waals surface area contributed by atoms with Crippen molar-refractivity contribution in [1.82, 2.24) is 0 Å². The first-order valence-corrected chi connectivity index (χ1v) is 6.12. The highest BCUT2D eigenvalue weighted by atomic mass is 16.5. The van der Waals surface area contributed by atoms with Crippen LogP contribution in [0, 0.1) is 0 Å². The van der Waals surface area contributed by atoms with E-state index < -0.39 is 0 Å². The van der Waals surface area contributed by atoms with Crippen molar-refractivity contribution in [3.63, 3.8) is 0 Å². The fourth-order valence-corrected chi connectivity index (χ4v) is 1.71. The molecule has 1 aliphatic heterocycles. The highest BCUT2D eigenvalue weighted by Crippen LogP contribution is 2.27. The van der Waals surface area contributed by atoms with Crippen LogP contribution in [0.5, 0.6) is 0 Å². The third-order valence-electron chi connectivity index (χ3n) is 2.51. The molecule has 0 aromatic heterocycles. The summed E-state index contributed by atoms with van der Waals surface area (Å²) in [7, 11) is 0. The molecule has 1 aromatic rings. The Morgan fingerprint density at radius 2 is 1.88 bits per heavy atom. The first kappa shape index (κ1) is 13.2. The maximum absolute atomic E-state index is 5.54. The van der Waals surface area contributed by atoms with E-state index in [1.165, 1.54) is 18.4 Å². The summed E-state index contributed by atoms with van der Waals surface area (Å²) in [5.74, 6) is 0. The van der Waals surface area contributed by atoms with Crippen LogP contribution < -0.4 is 0 Å².